The van der Waals surface area contributed by atoms with Gasteiger partial charge in [0.25, 0.3) is 0 Å². The van der Waals surface area contributed by atoms with Crippen LogP contribution in [0.1, 0.15) is 12.0 Å². The van der Waals surface area contributed by atoms with Crippen molar-refractivity contribution in [1.82, 2.24) is 10.2 Å². The van der Waals surface area contributed by atoms with Crippen molar-refractivity contribution in [2.24, 2.45) is 0 Å². The molecule has 1 aromatic rings. The highest BCUT2D eigenvalue weighted by molar-refractivity contribution is 5.27. The summed E-state index contributed by atoms with van der Waals surface area (Å²) in [5.74, 6) is 0.806. The second-order valence-electron chi connectivity index (χ2n) is 4.55. The van der Waals surface area contributed by atoms with E-state index in [1.54, 1.807) is 0 Å². The van der Waals surface area contributed by atoms with Crippen LogP contribution in [0.3, 0.4) is 0 Å². The fourth-order valence-corrected chi connectivity index (χ4v) is 1.62. The van der Waals surface area contributed by atoms with Gasteiger partial charge in [-0.3, -0.25) is 0 Å². The molecule has 0 saturated carbocycles. The van der Waals surface area contributed by atoms with Gasteiger partial charge >= 0.3 is 0 Å². The summed E-state index contributed by atoms with van der Waals surface area (Å²) in [6.45, 7) is 3.42. The largest absolute Gasteiger partial charge is 0.491 e. The van der Waals surface area contributed by atoms with E-state index in [0.29, 0.717) is 6.61 Å². The summed E-state index contributed by atoms with van der Waals surface area (Å²) >= 11 is 0. The van der Waals surface area contributed by atoms with Crippen LogP contribution in [0.15, 0.2) is 24.3 Å². The lowest BCUT2D eigenvalue weighted by Crippen LogP contribution is -2.20. The van der Waals surface area contributed by atoms with Crippen molar-refractivity contribution in [2.45, 2.75) is 13.0 Å². The molecule has 0 radical (unpaired) electrons. The summed E-state index contributed by atoms with van der Waals surface area (Å²) in [7, 11) is 4.18. The fourth-order valence-electron chi connectivity index (χ4n) is 1.62. The molecule has 0 amide bonds. The monoisotopic (exact) mass is 252 g/mol. The highest BCUT2D eigenvalue weighted by atomic mass is 16.5. The smallest absolute Gasteiger partial charge is 0.119 e. The topological polar surface area (TPSA) is 44.7 Å². The molecule has 0 atom stereocenters. The molecule has 4 heteroatoms. The van der Waals surface area contributed by atoms with Gasteiger partial charge in [0, 0.05) is 6.54 Å². The zero-order valence-corrected chi connectivity index (χ0v) is 11.4. The standard InChI is InChI=1S/C14H24N2O2/c1-16(2)9-3-8-15-12-13-4-6-14(7-5-13)18-11-10-17/h4-7,15,17H,3,8-12H2,1-2H3. The Morgan fingerprint density at radius 2 is 1.94 bits per heavy atom. The maximum Gasteiger partial charge on any atom is 0.119 e. The van der Waals surface area contributed by atoms with E-state index < -0.39 is 0 Å². The van der Waals surface area contributed by atoms with Crippen molar-refractivity contribution in [3.63, 3.8) is 0 Å². The summed E-state index contributed by atoms with van der Waals surface area (Å²) in [5, 5.41) is 12.1. The average Bonchev–Trinajstić information content (AvgIpc) is 2.37. The molecular weight excluding hydrogens is 228 g/mol. The molecule has 0 bridgehead atoms. The van der Waals surface area contributed by atoms with Crippen LogP contribution in [0.5, 0.6) is 5.75 Å². The van der Waals surface area contributed by atoms with Crippen molar-refractivity contribution >= 4 is 0 Å². The SMILES string of the molecule is CN(C)CCCNCc1ccc(OCCO)cc1. The van der Waals surface area contributed by atoms with Crippen LogP contribution < -0.4 is 10.1 Å². The molecule has 2 N–H and O–H groups in total. The van der Waals surface area contributed by atoms with Gasteiger partial charge in [0.2, 0.25) is 0 Å². The predicted molar refractivity (Wildman–Crippen MR) is 73.9 cm³/mol. The molecule has 1 rings (SSSR count). The molecule has 4 nitrogen and oxygen atoms in total. The van der Waals surface area contributed by atoms with E-state index in [0.717, 1.165) is 31.8 Å². The highest BCUT2D eigenvalue weighted by Crippen LogP contribution is 2.11. The summed E-state index contributed by atoms with van der Waals surface area (Å²) in [4.78, 5) is 2.19. The molecule has 1 aromatic carbocycles. The van der Waals surface area contributed by atoms with Crippen LogP contribution >= 0.6 is 0 Å². The van der Waals surface area contributed by atoms with E-state index in [1.807, 2.05) is 24.3 Å². The van der Waals surface area contributed by atoms with E-state index in [1.165, 1.54) is 5.56 Å². The van der Waals surface area contributed by atoms with E-state index >= 15 is 0 Å². The number of hydrogen-bond acceptors (Lipinski definition) is 4. The first kappa shape index (κ1) is 15.0. The Balaban J connectivity index is 2.18. The third-order valence-electron chi connectivity index (χ3n) is 2.57. The van der Waals surface area contributed by atoms with Gasteiger partial charge in [-0.05, 0) is 51.3 Å². The third-order valence-corrected chi connectivity index (χ3v) is 2.57. The van der Waals surface area contributed by atoms with E-state index in [-0.39, 0.29) is 6.61 Å². The number of ether oxygens (including phenoxy) is 1. The number of hydrogen-bond donors (Lipinski definition) is 2. The van der Waals surface area contributed by atoms with Crippen molar-refractivity contribution in [3.8, 4) is 5.75 Å². The molecule has 0 aliphatic rings. The van der Waals surface area contributed by atoms with Crippen LogP contribution in [0.25, 0.3) is 0 Å². The zero-order chi connectivity index (χ0) is 13.2. The third kappa shape index (κ3) is 6.59. The Kier molecular flexibility index (Phi) is 7.41. The maximum atomic E-state index is 8.65. The van der Waals surface area contributed by atoms with Crippen LogP contribution in [0, 0.1) is 0 Å². The van der Waals surface area contributed by atoms with Gasteiger partial charge in [0.15, 0.2) is 0 Å². The highest BCUT2D eigenvalue weighted by Gasteiger charge is 1.96. The summed E-state index contributed by atoms with van der Waals surface area (Å²) in [6.07, 6.45) is 1.16. The first-order valence-corrected chi connectivity index (χ1v) is 6.40. The number of nitrogens with one attached hydrogen (secondary N) is 1. The van der Waals surface area contributed by atoms with Gasteiger partial charge < -0.3 is 20.1 Å². The Morgan fingerprint density at radius 1 is 1.22 bits per heavy atom. The Labute approximate surface area is 110 Å². The van der Waals surface area contributed by atoms with Gasteiger partial charge in [-0.15, -0.1) is 0 Å². The van der Waals surface area contributed by atoms with Crippen molar-refractivity contribution in [1.29, 1.82) is 0 Å². The van der Waals surface area contributed by atoms with Gasteiger partial charge in [0.1, 0.15) is 12.4 Å². The molecular formula is C14H24N2O2. The molecule has 0 unspecified atom stereocenters. The van der Waals surface area contributed by atoms with Crippen LogP contribution in [-0.4, -0.2) is 50.4 Å². The molecule has 18 heavy (non-hydrogen) atoms. The Hall–Kier alpha value is -1.10. The number of aliphatic hydroxyl groups is 1. The van der Waals surface area contributed by atoms with E-state index in [2.05, 4.69) is 24.3 Å². The summed E-state index contributed by atoms with van der Waals surface area (Å²) in [5.41, 5.74) is 1.25. The molecule has 0 heterocycles. The van der Waals surface area contributed by atoms with Gasteiger partial charge in [0.05, 0.1) is 6.61 Å². The lowest BCUT2D eigenvalue weighted by Gasteiger charge is -2.10. The summed E-state index contributed by atoms with van der Waals surface area (Å²) in [6, 6.07) is 7.97. The lowest BCUT2D eigenvalue weighted by atomic mass is 10.2. The second-order valence-corrected chi connectivity index (χ2v) is 4.55. The maximum absolute atomic E-state index is 8.65. The number of nitrogens with zero attached hydrogens (tertiary/aromatic N) is 1. The molecule has 0 aromatic heterocycles. The normalized spacial score (nSPS) is 10.9. The molecule has 0 fully saturated rings. The average molecular weight is 252 g/mol. The van der Waals surface area contributed by atoms with E-state index in [4.69, 9.17) is 9.84 Å². The van der Waals surface area contributed by atoms with Crippen molar-refractivity contribution < 1.29 is 9.84 Å². The van der Waals surface area contributed by atoms with Crippen LogP contribution in [-0.2, 0) is 6.54 Å². The quantitative estimate of drug-likeness (QED) is 0.646. The Morgan fingerprint density at radius 3 is 2.56 bits per heavy atom. The van der Waals surface area contributed by atoms with E-state index in [9.17, 15) is 0 Å². The van der Waals surface area contributed by atoms with Crippen molar-refractivity contribution in [2.75, 3.05) is 40.4 Å². The first-order chi connectivity index (χ1) is 8.72. The molecule has 0 aliphatic carbocycles. The minimum absolute atomic E-state index is 0.0508. The van der Waals surface area contributed by atoms with Gasteiger partial charge in [-0.2, -0.15) is 0 Å². The minimum atomic E-state index is 0.0508. The zero-order valence-electron chi connectivity index (χ0n) is 11.4. The number of rotatable bonds is 9. The van der Waals surface area contributed by atoms with Crippen LogP contribution in [0.4, 0.5) is 0 Å². The lowest BCUT2D eigenvalue weighted by molar-refractivity contribution is 0.201. The first-order valence-electron chi connectivity index (χ1n) is 6.40. The second kappa shape index (κ2) is 8.91. The number of aliphatic hydroxyl groups excluding tert-OH is 1. The number of benzene rings is 1. The molecule has 0 saturated heterocycles. The van der Waals surface area contributed by atoms with Gasteiger partial charge in [-0.25, -0.2) is 0 Å². The minimum Gasteiger partial charge on any atom is -0.491 e. The Bertz CT molecular complexity index is 312. The molecule has 102 valence electrons. The molecule has 0 aliphatic heterocycles. The van der Waals surface area contributed by atoms with Crippen LogP contribution in [0.2, 0.25) is 0 Å². The molecule has 0 spiro atoms. The van der Waals surface area contributed by atoms with Gasteiger partial charge in [-0.1, -0.05) is 12.1 Å². The fraction of sp³-hybridized carbons (Fsp3) is 0.571. The van der Waals surface area contributed by atoms with Crippen molar-refractivity contribution in [3.05, 3.63) is 29.8 Å². The predicted octanol–water partition coefficient (Wildman–Crippen LogP) is 1.10. The summed E-state index contributed by atoms with van der Waals surface area (Å²) < 4.78 is 5.30.